The molecular formula is C22H27NO2. The molecule has 0 aliphatic heterocycles. The van der Waals surface area contributed by atoms with Gasteiger partial charge in [-0.3, -0.25) is 4.90 Å². The van der Waals surface area contributed by atoms with Crippen LogP contribution in [-0.2, 0) is 11.3 Å². The van der Waals surface area contributed by atoms with Crippen LogP contribution >= 0.6 is 0 Å². The van der Waals surface area contributed by atoms with Crippen molar-refractivity contribution in [3.8, 4) is 5.75 Å². The highest BCUT2D eigenvalue weighted by atomic mass is 16.5. The van der Waals surface area contributed by atoms with Gasteiger partial charge in [-0.1, -0.05) is 73.3 Å². The Morgan fingerprint density at radius 3 is 2.56 bits per heavy atom. The topological polar surface area (TPSA) is 21.7 Å². The van der Waals surface area contributed by atoms with Crippen molar-refractivity contribution in [3.05, 3.63) is 84.5 Å². The van der Waals surface area contributed by atoms with Gasteiger partial charge >= 0.3 is 0 Å². The first kappa shape index (κ1) is 19.0. The van der Waals surface area contributed by atoms with Gasteiger partial charge < -0.3 is 9.47 Å². The molecule has 0 amide bonds. The molecule has 3 heteroatoms. The second-order valence-corrected chi connectivity index (χ2v) is 5.75. The molecule has 25 heavy (non-hydrogen) atoms. The van der Waals surface area contributed by atoms with Gasteiger partial charge in [0, 0.05) is 32.3 Å². The maximum absolute atomic E-state index is 5.77. The Morgan fingerprint density at radius 2 is 1.80 bits per heavy atom. The first-order valence-electron chi connectivity index (χ1n) is 8.58. The van der Waals surface area contributed by atoms with Gasteiger partial charge in [0.1, 0.15) is 12.4 Å². The molecule has 0 atom stereocenters. The van der Waals surface area contributed by atoms with Crippen LogP contribution in [0.3, 0.4) is 0 Å². The molecule has 3 nitrogen and oxygen atoms in total. The first-order chi connectivity index (χ1) is 12.3. The minimum Gasteiger partial charge on any atom is -0.489 e. The maximum atomic E-state index is 5.77. The number of nitrogens with zero attached hydrogens (tertiary/aromatic N) is 1. The second kappa shape index (κ2) is 11.2. The summed E-state index contributed by atoms with van der Waals surface area (Å²) in [5.74, 6) is 0.914. The van der Waals surface area contributed by atoms with Crippen LogP contribution in [0.5, 0.6) is 5.75 Å². The lowest BCUT2D eigenvalue weighted by molar-refractivity contribution is 0.150. The zero-order valence-electron chi connectivity index (χ0n) is 14.9. The fourth-order valence-corrected chi connectivity index (χ4v) is 2.52. The average Bonchev–Trinajstić information content (AvgIpc) is 2.66. The standard InChI is InChI=1S/C22H27NO2/c1-3-17-25-22-14-8-7-13-21(22)19-23(16-18-24-2)15-9-12-20-10-5-4-6-11-20/h3-14H,1,15-19H2,2H3. The van der Waals surface area contributed by atoms with E-state index in [4.69, 9.17) is 9.47 Å². The van der Waals surface area contributed by atoms with Crippen LogP contribution < -0.4 is 4.74 Å². The highest BCUT2D eigenvalue weighted by Crippen LogP contribution is 2.20. The number of rotatable bonds is 11. The van der Waals surface area contributed by atoms with Crippen LogP contribution in [0.2, 0.25) is 0 Å². The molecule has 0 N–H and O–H groups in total. The van der Waals surface area contributed by atoms with Crippen LogP contribution in [0.1, 0.15) is 11.1 Å². The van der Waals surface area contributed by atoms with Gasteiger partial charge in [-0.2, -0.15) is 0 Å². The molecule has 0 radical (unpaired) electrons. The maximum Gasteiger partial charge on any atom is 0.124 e. The predicted octanol–water partition coefficient (Wildman–Crippen LogP) is 4.41. The number of benzene rings is 2. The lowest BCUT2D eigenvalue weighted by atomic mass is 10.1. The van der Waals surface area contributed by atoms with Crippen molar-refractivity contribution < 1.29 is 9.47 Å². The molecule has 132 valence electrons. The molecule has 0 saturated heterocycles. The predicted molar refractivity (Wildman–Crippen MR) is 105 cm³/mol. The first-order valence-corrected chi connectivity index (χ1v) is 8.58. The number of hydrogen-bond donors (Lipinski definition) is 0. The number of ether oxygens (including phenoxy) is 2. The largest absolute Gasteiger partial charge is 0.489 e. The van der Waals surface area contributed by atoms with Gasteiger partial charge in [-0.05, 0) is 11.6 Å². The summed E-state index contributed by atoms with van der Waals surface area (Å²) in [4.78, 5) is 2.35. The smallest absolute Gasteiger partial charge is 0.124 e. The van der Waals surface area contributed by atoms with E-state index in [9.17, 15) is 0 Å². The van der Waals surface area contributed by atoms with Crippen LogP contribution in [0.4, 0.5) is 0 Å². The van der Waals surface area contributed by atoms with Crippen molar-refractivity contribution in [1.82, 2.24) is 4.90 Å². The van der Waals surface area contributed by atoms with Crippen LogP contribution in [0.25, 0.3) is 6.08 Å². The molecule has 0 spiro atoms. The summed E-state index contributed by atoms with van der Waals surface area (Å²) in [5.41, 5.74) is 2.39. The summed E-state index contributed by atoms with van der Waals surface area (Å²) in [5, 5.41) is 0. The summed E-state index contributed by atoms with van der Waals surface area (Å²) < 4.78 is 11.0. The summed E-state index contributed by atoms with van der Waals surface area (Å²) in [6, 6.07) is 18.5. The normalized spacial score (nSPS) is 11.1. The van der Waals surface area contributed by atoms with Crippen LogP contribution in [0, 0.1) is 0 Å². The van der Waals surface area contributed by atoms with Crippen molar-refractivity contribution in [2.45, 2.75) is 6.54 Å². The minimum atomic E-state index is 0.517. The quantitative estimate of drug-likeness (QED) is 0.567. The molecular weight excluding hydrogens is 310 g/mol. The monoisotopic (exact) mass is 337 g/mol. The number of hydrogen-bond acceptors (Lipinski definition) is 3. The van der Waals surface area contributed by atoms with Crippen LogP contribution in [-0.4, -0.2) is 38.3 Å². The third kappa shape index (κ3) is 6.96. The third-order valence-corrected chi connectivity index (χ3v) is 3.81. The lowest BCUT2D eigenvalue weighted by Crippen LogP contribution is -2.27. The van der Waals surface area contributed by atoms with E-state index < -0.39 is 0 Å². The highest BCUT2D eigenvalue weighted by molar-refractivity contribution is 5.48. The SMILES string of the molecule is C=CCOc1ccccc1CN(CC=Cc1ccccc1)CCOC. The van der Waals surface area contributed by atoms with E-state index in [1.807, 2.05) is 24.3 Å². The number of methoxy groups -OCH3 is 1. The fraction of sp³-hybridized carbons (Fsp3) is 0.273. The summed E-state index contributed by atoms with van der Waals surface area (Å²) in [6.07, 6.45) is 6.11. The van der Waals surface area contributed by atoms with E-state index in [0.717, 1.165) is 25.4 Å². The Balaban J connectivity index is 2.02. The van der Waals surface area contributed by atoms with Crippen LogP contribution in [0.15, 0.2) is 73.3 Å². The van der Waals surface area contributed by atoms with E-state index in [0.29, 0.717) is 13.2 Å². The molecule has 2 rings (SSSR count). The molecule has 2 aromatic carbocycles. The van der Waals surface area contributed by atoms with Gasteiger partial charge in [0.15, 0.2) is 0 Å². The fourth-order valence-electron chi connectivity index (χ4n) is 2.52. The molecule has 0 aliphatic carbocycles. The van der Waals surface area contributed by atoms with Gasteiger partial charge in [-0.15, -0.1) is 0 Å². The third-order valence-electron chi connectivity index (χ3n) is 3.81. The Kier molecular flexibility index (Phi) is 8.53. The Hall–Kier alpha value is -2.36. The van der Waals surface area contributed by atoms with E-state index >= 15 is 0 Å². The lowest BCUT2D eigenvalue weighted by Gasteiger charge is -2.22. The van der Waals surface area contributed by atoms with E-state index in [2.05, 4.69) is 54.0 Å². The van der Waals surface area contributed by atoms with Crippen molar-refractivity contribution in [2.24, 2.45) is 0 Å². The molecule has 0 aliphatic rings. The van der Waals surface area contributed by atoms with Crippen molar-refractivity contribution in [1.29, 1.82) is 0 Å². The zero-order chi connectivity index (χ0) is 17.7. The van der Waals surface area contributed by atoms with Gasteiger partial charge in [-0.25, -0.2) is 0 Å². The Bertz CT molecular complexity index is 652. The summed E-state index contributed by atoms with van der Waals surface area (Å²) in [7, 11) is 1.74. The second-order valence-electron chi connectivity index (χ2n) is 5.75. The highest BCUT2D eigenvalue weighted by Gasteiger charge is 2.08. The Morgan fingerprint density at radius 1 is 1.04 bits per heavy atom. The molecule has 2 aromatic rings. The number of para-hydroxylation sites is 1. The molecule has 0 heterocycles. The molecule has 0 saturated carbocycles. The van der Waals surface area contributed by atoms with E-state index in [1.54, 1.807) is 13.2 Å². The van der Waals surface area contributed by atoms with Crippen molar-refractivity contribution >= 4 is 6.08 Å². The molecule has 0 fully saturated rings. The zero-order valence-corrected chi connectivity index (χ0v) is 14.9. The molecule has 0 aromatic heterocycles. The van der Waals surface area contributed by atoms with Crippen molar-refractivity contribution in [2.75, 3.05) is 33.4 Å². The molecule has 0 unspecified atom stereocenters. The van der Waals surface area contributed by atoms with Crippen molar-refractivity contribution in [3.63, 3.8) is 0 Å². The van der Waals surface area contributed by atoms with E-state index in [1.165, 1.54) is 11.1 Å². The minimum absolute atomic E-state index is 0.517. The van der Waals surface area contributed by atoms with Gasteiger partial charge in [0.05, 0.1) is 6.61 Å². The van der Waals surface area contributed by atoms with E-state index in [-0.39, 0.29) is 0 Å². The van der Waals surface area contributed by atoms with Gasteiger partial charge in [0.2, 0.25) is 0 Å². The molecule has 0 bridgehead atoms. The van der Waals surface area contributed by atoms with Gasteiger partial charge in [0.25, 0.3) is 0 Å². The summed E-state index contributed by atoms with van der Waals surface area (Å²) in [6.45, 7) is 7.47. The average molecular weight is 337 g/mol. The Labute approximate surface area is 151 Å². The summed E-state index contributed by atoms with van der Waals surface area (Å²) >= 11 is 0.